The second kappa shape index (κ2) is 6.08. The third-order valence-electron chi connectivity index (χ3n) is 4.53. The topological polar surface area (TPSA) is 43.9 Å². The predicted molar refractivity (Wildman–Crippen MR) is 83.9 cm³/mol. The predicted octanol–water partition coefficient (Wildman–Crippen LogP) is 0.939. The van der Waals surface area contributed by atoms with E-state index in [-0.39, 0.29) is 17.7 Å². The molecule has 1 saturated heterocycles. The smallest absolute Gasteiger partial charge is 0.228 e. The van der Waals surface area contributed by atoms with Crippen LogP contribution in [0.1, 0.15) is 17.5 Å². The van der Waals surface area contributed by atoms with Crippen LogP contribution in [-0.2, 0) is 22.7 Å². The number of fused-ring (bicyclic) bond motifs is 1. The summed E-state index contributed by atoms with van der Waals surface area (Å²) in [4.78, 5) is 30.5. The highest BCUT2D eigenvalue weighted by Crippen LogP contribution is 2.27. The second-order valence-electron chi connectivity index (χ2n) is 6.51. The molecule has 5 heteroatoms. The van der Waals surface area contributed by atoms with Crippen molar-refractivity contribution in [1.29, 1.82) is 0 Å². The van der Waals surface area contributed by atoms with Gasteiger partial charge in [-0.15, -0.1) is 0 Å². The molecule has 1 atom stereocenters. The van der Waals surface area contributed by atoms with E-state index in [1.807, 2.05) is 36.0 Å². The van der Waals surface area contributed by atoms with E-state index in [2.05, 4.69) is 17.0 Å². The monoisotopic (exact) mass is 301 g/mol. The SMILES string of the molecule is CN(C)CCN1CC(C(=O)N2Cc3ccccc3C2)CC1=O. The zero-order valence-corrected chi connectivity index (χ0v) is 13.3. The van der Waals surface area contributed by atoms with Gasteiger partial charge in [0.1, 0.15) is 0 Å². The first-order valence-electron chi connectivity index (χ1n) is 7.82. The van der Waals surface area contributed by atoms with Crippen LogP contribution in [0.2, 0.25) is 0 Å². The van der Waals surface area contributed by atoms with Crippen molar-refractivity contribution < 1.29 is 9.59 Å². The molecule has 0 saturated carbocycles. The summed E-state index contributed by atoms with van der Waals surface area (Å²) in [6.07, 6.45) is 0.360. The maximum absolute atomic E-state index is 12.7. The molecule has 3 rings (SSSR count). The number of nitrogens with zero attached hydrogens (tertiary/aromatic N) is 3. The fraction of sp³-hybridized carbons (Fsp3) is 0.529. The van der Waals surface area contributed by atoms with Crippen LogP contribution in [0.15, 0.2) is 24.3 Å². The third kappa shape index (κ3) is 2.99. The Bertz CT molecular complexity index is 560. The molecule has 0 N–H and O–H groups in total. The average Bonchev–Trinajstić information content (AvgIpc) is 3.07. The van der Waals surface area contributed by atoms with Crippen LogP contribution in [0, 0.1) is 5.92 Å². The Morgan fingerprint density at radius 3 is 2.45 bits per heavy atom. The van der Waals surface area contributed by atoms with Crippen molar-refractivity contribution in [3.05, 3.63) is 35.4 Å². The van der Waals surface area contributed by atoms with E-state index in [0.717, 1.165) is 6.54 Å². The van der Waals surface area contributed by atoms with Crippen molar-refractivity contribution in [3.8, 4) is 0 Å². The van der Waals surface area contributed by atoms with Gasteiger partial charge in [-0.3, -0.25) is 9.59 Å². The fourth-order valence-electron chi connectivity index (χ4n) is 3.22. The lowest BCUT2D eigenvalue weighted by atomic mass is 10.1. The number of hydrogen-bond acceptors (Lipinski definition) is 3. The van der Waals surface area contributed by atoms with Crippen molar-refractivity contribution in [2.75, 3.05) is 33.7 Å². The highest BCUT2D eigenvalue weighted by atomic mass is 16.2. The average molecular weight is 301 g/mol. The Balaban J connectivity index is 1.59. The maximum Gasteiger partial charge on any atom is 0.228 e. The van der Waals surface area contributed by atoms with Gasteiger partial charge in [0.15, 0.2) is 0 Å². The normalized spacial score (nSPS) is 20.9. The van der Waals surface area contributed by atoms with E-state index < -0.39 is 0 Å². The van der Waals surface area contributed by atoms with Gasteiger partial charge in [0.25, 0.3) is 0 Å². The van der Waals surface area contributed by atoms with E-state index in [1.54, 1.807) is 0 Å². The van der Waals surface area contributed by atoms with Crippen molar-refractivity contribution in [3.63, 3.8) is 0 Å². The Morgan fingerprint density at radius 1 is 1.23 bits per heavy atom. The number of likely N-dealkylation sites (N-methyl/N-ethyl adjacent to an activating group) is 1. The van der Waals surface area contributed by atoms with Gasteiger partial charge in [0, 0.05) is 39.1 Å². The van der Waals surface area contributed by atoms with Gasteiger partial charge in [0.05, 0.1) is 5.92 Å². The molecule has 1 aromatic carbocycles. The quantitative estimate of drug-likeness (QED) is 0.831. The van der Waals surface area contributed by atoms with Crippen molar-refractivity contribution in [2.24, 2.45) is 5.92 Å². The van der Waals surface area contributed by atoms with Gasteiger partial charge >= 0.3 is 0 Å². The molecule has 0 aromatic heterocycles. The number of benzene rings is 1. The molecule has 1 aromatic rings. The molecular formula is C17H23N3O2. The first kappa shape index (κ1) is 15.0. The summed E-state index contributed by atoms with van der Waals surface area (Å²) < 4.78 is 0. The lowest BCUT2D eigenvalue weighted by Crippen LogP contribution is -2.36. The largest absolute Gasteiger partial charge is 0.341 e. The maximum atomic E-state index is 12.7. The molecular weight excluding hydrogens is 278 g/mol. The minimum absolute atomic E-state index is 0.108. The standard InChI is InChI=1S/C17H23N3O2/c1-18(2)7-8-19-12-15(9-16(19)21)17(22)20-10-13-5-3-4-6-14(13)11-20/h3-6,15H,7-12H2,1-2H3. The van der Waals surface area contributed by atoms with Crippen LogP contribution in [0.5, 0.6) is 0 Å². The lowest BCUT2D eigenvalue weighted by Gasteiger charge is -2.21. The Morgan fingerprint density at radius 2 is 1.86 bits per heavy atom. The molecule has 22 heavy (non-hydrogen) atoms. The van der Waals surface area contributed by atoms with E-state index >= 15 is 0 Å². The summed E-state index contributed by atoms with van der Waals surface area (Å²) in [5, 5.41) is 0. The van der Waals surface area contributed by atoms with Gasteiger partial charge in [-0.25, -0.2) is 0 Å². The molecule has 2 amide bonds. The Hall–Kier alpha value is -1.88. The molecule has 2 aliphatic rings. The van der Waals surface area contributed by atoms with E-state index in [4.69, 9.17) is 0 Å². The van der Waals surface area contributed by atoms with Crippen LogP contribution in [0.3, 0.4) is 0 Å². The first-order valence-corrected chi connectivity index (χ1v) is 7.82. The number of hydrogen-bond donors (Lipinski definition) is 0. The third-order valence-corrected chi connectivity index (χ3v) is 4.53. The highest BCUT2D eigenvalue weighted by molar-refractivity contribution is 5.89. The van der Waals surface area contributed by atoms with Gasteiger partial charge in [-0.2, -0.15) is 0 Å². The summed E-state index contributed by atoms with van der Waals surface area (Å²) in [6, 6.07) is 8.17. The molecule has 0 aliphatic carbocycles. The fourth-order valence-corrected chi connectivity index (χ4v) is 3.22. The van der Waals surface area contributed by atoms with Crippen LogP contribution in [0.4, 0.5) is 0 Å². The zero-order valence-electron chi connectivity index (χ0n) is 13.3. The van der Waals surface area contributed by atoms with Crippen LogP contribution >= 0.6 is 0 Å². The second-order valence-corrected chi connectivity index (χ2v) is 6.51. The summed E-state index contributed by atoms with van der Waals surface area (Å²) in [6.45, 7) is 3.46. The lowest BCUT2D eigenvalue weighted by molar-refractivity contribution is -0.136. The van der Waals surface area contributed by atoms with Crippen LogP contribution in [0.25, 0.3) is 0 Å². The van der Waals surface area contributed by atoms with Gasteiger partial charge < -0.3 is 14.7 Å². The summed E-state index contributed by atoms with van der Waals surface area (Å²) in [5.41, 5.74) is 2.45. The number of carbonyl (C=O) groups excluding carboxylic acids is 2. The molecule has 2 aliphatic heterocycles. The number of amides is 2. The van der Waals surface area contributed by atoms with Crippen LogP contribution < -0.4 is 0 Å². The molecule has 2 heterocycles. The van der Waals surface area contributed by atoms with Crippen molar-refractivity contribution in [1.82, 2.24) is 14.7 Å². The number of rotatable bonds is 4. The van der Waals surface area contributed by atoms with E-state index in [1.165, 1.54) is 11.1 Å². The Kier molecular flexibility index (Phi) is 4.16. The number of likely N-dealkylation sites (tertiary alicyclic amines) is 1. The Labute approximate surface area is 131 Å². The number of carbonyl (C=O) groups is 2. The molecule has 1 unspecified atom stereocenters. The van der Waals surface area contributed by atoms with Crippen LogP contribution in [-0.4, -0.2) is 60.2 Å². The molecule has 5 nitrogen and oxygen atoms in total. The highest BCUT2D eigenvalue weighted by Gasteiger charge is 2.37. The van der Waals surface area contributed by atoms with Crippen molar-refractivity contribution >= 4 is 11.8 Å². The van der Waals surface area contributed by atoms with E-state index in [9.17, 15) is 9.59 Å². The molecule has 1 fully saturated rings. The minimum Gasteiger partial charge on any atom is -0.341 e. The summed E-state index contributed by atoms with van der Waals surface area (Å²) in [5.74, 6) is 0.0535. The molecule has 0 spiro atoms. The summed E-state index contributed by atoms with van der Waals surface area (Å²) >= 11 is 0. The van der Waals surface area contributed by atoms with E-state index in [0.29, 0.717) is 32.6 Å². The molecule has 0 bridgehead atoms. The molecule has 118 valence electrons. The first-order chi connectivity index (χ1) is 10.5. The molecule has 0 radical (unpaired) electrons. The van der Waals surface area contributed by atoms with Gasteiger partial charge in [-0.1, -0.05) is 24.3 Å². The zero-order chi connectivity index (χ0) is 15.7. The van der Waals surface area contributed by atoms with Gasteiger partial charge in [-0.05, 0) is 25.2 Å². The minimum atomic E-state index is -0.177. The van der Waals surface area contributed by atoms with Crippen molar-refractivity contribution in [2.45, 2.75) is 19.5 Å². The van der Waals surface area contributed by atoms with Gasteiger partial charge in [0.2, 0.25) is 11.8 Å². The summed E-state index contributed by atoms with van der Waals surface area (Å²) in [7, 11) is 3.98.